The van der Waals surface area contributed by atoms with Crippen LogP contribution in [-0.2, 0) is 5.75 Å². The van der Waals surface area contributed by atoms with E-state index < -0.39 is 0 Å². The van der Waals surface area contributed by atoms with Gasteiger partial charge in [-0.1, -0.05) is 0 Å². The third-order valence-electron chi connectivity index (χ3n) is 1.95. The SMILES string of the molecule is Nc1ccc(SCc2ccc(Br)s2)c(F)c1. The number of thioether (sulfide) groups is 1. The second-order valence-corrected chi connectivity index (χ2v) is 6.75. The van der Waals surface area contributed by atoms with E-state index in [0.29, 0.717) is 10.6 Å². The molecule has 0 amide bonds. The first-order valence-corrected chi connectivity index (χ1v) is 7.17. The summed E-state index contributed by atoms with van der Waals surface area (Å²) in [6.45, 7) is 0. The molecule has 0 aliphatic carbocycles. The van der Waals surface area contributed by atoms with Crippen molar-refractivity contribution in [2.75, 3.05) is 5.73 Å². The number of anilines is 1. The average molecular weight is 318 g/mol. The van der Waals surface area contributed by atoms with Crippen LogP contribution >= 0.6 is 39.0 Å². The van der Waals surface area contributed by atoms with Crippen LogP contribution in [0.2, 0.25) is 0 Å². The quantitative estimate of drug-likeness (QED) is 0.665. The highest BCUT2D eigenvalue weighted by Crippen LogP contribution is 2.30. The number of nitrogens with two attached hydrogens (primary N) is 1. The number of hydrogen-bond acceptors (Lipinski definition) is 3. The van der Waals surface area contributed by atoms with Gasteiger partial charge in [0.05, 0.1) is 3.79 Å². The zero-order valence-corrected chi connectivity index (χ0v) is 11.5. The minimum atomic E-state index is -0.249. The van der Waals surface area contributed by atoms with E-state index in [9.17, 15) is 4.39 Å². The lowest BCUT2D eigenvalue weighted by Crippen LogP contribution is -1.88. The van der Waals surface area contributed by atoms with Gasteiger partial charge in [-0.2, -0.15) is 0 Å². The Morgan fingerprint density at radius 3 is 2.75 bits per heavy atom. The fourth-order valence-corrected chi connectivity index (χ4v) is 3.66. The number of thiophene rings is 1. The zero-order valence-electron chi connectivity index (χ0n) is 8.24. The molecule has 0 fully saturated rings. The predicted octanol–water partition coefficient (Wildman–Crippen LogP) is 4.52. The number of hydrogen-bond donors (Lipinski definition) is 1. The molecule has 0 radical (unpaired) electrons. The molecule has 0 unspecified atom stereocenters. The molecule has 2 rings (SSSR count). The second kappa shape index (κ2) is 5.21. The lowest BCUT2D eigenvalue weighted by atomic mass is 10.3. The number of benzene rings is 1. The monoisotopic (exact) mass is 317 g/mol. The van der Waals surface area contributed by atoms with Crippen molar-refractivity contribution in [3.63, 3.8) is 0 Å². The van der Waals surface area contributed by atoms with Crippen molar-refractivity contribution in [3.8, 4) is 0 Å². The van der Waals surface area contributed by atoms with Crippen LogP contribution in [0.4, 0.5) is 10.1 Å². The highest BCUT2D eigenvalue weighted by atomic mass is 79.9. The zero-order chi connectivity index (χ0) is 11.5. The van der Waals surface area contributed by atoms with Crippen LogP contribution in [0.15, 0.2) is 39.0 Å². The average Bonchev–Trinajstić information content (AvgIpc) is 2.63. The molecule has 0 spiro atoms. The van der Waals surface area contributed by atoms with E-state index in [1.54, 1.807) is 23.5 Å². The molecular weight excluding hydrogens is 309 g/mol. The second-order valence-electron chi connectivity index (χ2n) is 3.18. The molecule has 84 valence electrons. The third-order valence-corrected chi connectivity index (χ3v) is 4.86. The molecule has 0 saturated carbocycles. The van der Waals surface area contributed by atoms with E-state index in [1.165, 1.54) is 22.7 Å². The smallest absolute Gasteiger partial charge is 0.138 e. The van der Waals surface area contributed by atoms with Crippen LogP contribution in [0.5, 0.6) is 0 Å². The van der Waals surface area contributed by atoms with Gasteiger partial charge in [-0.25, -0.2) is 4.39 Å². The first-order chi connectivity index (χ1) is 7.65. The van der Waals surface area contributed by atoms with Gasteiger partial charge < -0.3 is 5.73 Å². The van der Waals surface area contributed by atoms with Gasteiger partial charge in [-0.3, -0.25) is 0 Å². The molecule has 0 aliphatic rings. The summed E-state index contributed by atoms with van der Waals surface area (Å²) in [5.74, 6) is 0.525. The normalized spacial score (nSPS) is 10.6. The topological polar surface area (TPSA) is 26.0 Å². The number of nitrogen functional groups attached to an aromatic ring is 1. The Balaban J connectivity index is 2.04. The van der Waals surface area contributed by atoms with Crippen molar-refractivity contribution in [2.45, 2.75) is 10.6 Å². The summed E-state index contributed by atoms with van der Waals surface area (Å²) in [7, 11) is 0. The molecule has 2 aromatic rings. The van der Waals surface area contributed by atoms with E-state index in [2.05, 4.69) is 15.9 Å². The molecule has 2 N–H and O–H groups in total. The van der Waals surface area contributed by atoms with Gasteiger partial charge in [0.1, 0.15) is 5.82 Å². The molecule has 1 aromatic carbocycles. The van der Waals surface area contributed by atoms with E-state index in [0.717, 1.165) is 9.54 Å². The van der Waals surface area contributed by atoms with Gasteiger partial charge in [0.15, 0.2) is 0 Å². The fraction of sp³-hybridized carbons (Fsp3) is 0.0909. The van der Waals surface area contributed by atoms with Crippen LogP contribution in [-0.4, -0.2) is 0 Å². The Bertz CT molecular complexity index is 498. The number of halogens is 2. The van der Waals surface area contributed by atoms with Crippen LogP contribution in [0.1, 0.15) is 4.88 Å². The van der Waals surface area contributed by atoms with Crippen molar-refractivity contribution in [2.24, 2.45) is 0 Å². The lowest BCUT2D eigenvalue weighted by Gasteiger charge is -2.02. The van der Waals surface area contributed by atoms with Gasteiger partial charge >= 0.3 is 0 Å². The summed E-state index contributed by atoms with van der Waals surface area (Å²) in [6, 6.07) is 8.83. The van der Waals surface area contributed by atoms with Crippen LogP contribution in [0.25, 0.3) is 0 Å². The summed E-state index contributed by atoms with van der Waals surface area (Å²) in [6.07, 6.45) is 0. The largest absolute Gasteiger partial charge is 0.399 e. The van der Waals surface area contributed by atoms with Gasteiger partial charge in [-0.15, -0.1) is 23.1 Å². The first-order valence-electron chi connectivity index (χ1n) is 4.57. The summed E-state index contributed by atoms with van der Waals surface area (Å²) >= 11 is 6.55. The van der Waals surface area contributed by atoms with Crippen molar-refractivity contribution in [1.29, 1.82) is 0 Å². The van der Waals surface area contributed by atoms with E-state index >= 15 is 0 Å². The Morgan fingerprint density at radius 1 is 1.31 bits per heavy atom. The van der Waals surface area contributed by atoms with Crippen molar-refractivity contribution in [3.05, 3.63) is 44.8 Å². The molecule has 0 atom stereocenters. The first kappa shape index (κ1) is 12.0. The standard InChI is InChI=1S/C11H9BrFNS2/c12-11-4-2-8(16-11)6-15-10-3-1-7(14)5-9(10)13/h1-5H,6,14H2. The molecule has 0 saturated heterocycles. The van der Waals surface area contributed by atoms with Gasteiger partial charge in [0, 0.05) is 21.2 Å². The van der Waals surface area contributed by atoms with Crippen LogP contribution < -0.4 is 5.73 Å². The van der Waals surface area contributed by atoms with E-state index in [4.69, 9.17) is 5.73 Å². The summed E-state index contributed by atoms with van der Waals surface area (Å²) in [4.78, 5) is 1.85. The van der Waals surface area contributed by atoms with E-state index in [1.807, 2.05) is 12.1 Å². The minimum Gasteiger partial charge on any atom is -0.399 e. The Labute approximate surface area is 110 Å². The molecular formula is C11H9BrFNS2. The van der Waals surface area contributed by atoms with E-state index in [-0.39, 0.29) is 5.82 Å². The van der Waals surface area contributed by atoms with Crippen LogP contribution in [0.3, 0.4) is 0 Å². The Morgan fingerprint density at radius 2 is 2.12 bits per heavy atom. The fourth-order valence-electron chi connectivity index (χ4n) is 1.21. The van der Waals surface area contributed by atoms with Gasteiger partial charge in [-0.05, 0) is 46.3 Å². The Hall–Kier alpha value is -0.520. The minimum absolute atomic E-state index is 0.249. The maximum Gasteiger partial charge on any atom is 0.138 e. The molecule has 5 heteroatoms. The highest BCUT2D eigenvalue weighted by molar-refractivity contribution is 9.11. The summed E-state index contributed by atoms with van der Waals surface area (Å²) < 4.78 is 14.5. The molecule has 1 aromatic heterocycles. The van der Waals surface area contributed by atoms with Crippen molar-refractivity contribution < 1.29 is 4.39 Å². The third kappa shape index (κ3) is 2.99. The van der Waals surface area contributed by atoms with Gasteiger partial charge in [0.25, 0.3) is 0 Å². The summed E-state index contributed by atoms with van der Waals surface area (Å²) in [5, 5.41) is 0. The highest BCUT2D eigenvalue weighted by Gasteiger charge is 2.04. The maximum atomic E-state index is 13.5. The molecule has 16 heavy (non-hydrogen) atoms. The predicted molar refractivity (Wildman–Crippen MR) is 72.4 cm³/mol. The Kier molecular flexibility index (Phi) is 3.89. The number of rotatable bonds is 3. The van der Waals surface area contributed by atoms with Crippen molar-refractivity contribution >= 4 is 44.7 Å². The van der Waals surface area contributed by atoms with Crippen molar-refractivity contribution in [1.82, 2.24) is 0 Å². The lowest BCUT2D eigenvalue weighted by molar-refractivity contribution is 0.603. The maximum absolute atomic E-state index is 13.5. The van der Waals surface area contributed by atoms with Gasteiger partial charge in [0.2, 0.25) is 0 Å². The molecule has 0 aliphatic heterocycles. The summed E-state index contributed by atoms with van der Waals surface area (Å²) in [5.41, 5.74) is 5.94. The van der Waals surface area contributed by atoms with Crippen LogP contribution in [0, 0.1) is 5.82 Å². The molecule has 1 nitrogen and oxygen atoms in total. The molecule has 1 heterocycles. The molecule has 0 bridgehead atoms.